The van der Waals surface area contributed by atoms with E-state index in [0.29, 0.717) is 18.1 Å². The lowest BCUT2D eigenvalue weighted by Gasteiger charge is -2.37. The van der Waals surface area contributed by atoms with Crippen molar-refractivity contribution in [3.8, 4) is 22.3 Å². The van der Waals surface area contributed by atoms with Crippen molar-refractivity contribution in [3.63, 3.8) is 0 Å². The maximum atomic E-state index is 6.34. The van der Waals surface area contributed by atoms with E-state index in [4.69, 9.17) is 9.47 Å². The van der Waals surface area contributed by atoms with Gasteiger partial charge >= 0.3 is 0 Å². The van der Waals surface area contributed by atoms with Gasteiger partial charge in [-0.1, -0.05) is 291 Å². The Morgan fingerprint density at radius 2 is 0.527 bits per heavy atom. The van der Waals surface area contributed by atoms with Crippen LogP contribution in [0.5, 0.6) is 0 Å². The molecule has 2 heterocycles. The quantitative estimate of drug-likeness (QED) is 0.102. The Morgan fingerprint density at radius 1 is 0.220 bits per heavy atom. The SMILES string of the molecule is Cc1ccc(-c2ccc(C3CCC(C)CC3)cc2)c(C)c1C.Cc1ccc(-c2ccc(C3CCC(C)CC3)cc2)c(C)c1C.Cc1ccc(C2=CCC(C3CCC(C)CC3)CC2)c(C)c1C.Cc1ccc(C2CCC(C3CCC(C)CC3)CC2)c(C)c1C.Cc1ccc(CCC2CCC(C)CC2)c(C)c1C.Cc1ccc([C@@H]2CCC(C3CCC(C)CC3)CO2)c(C)c1C.Cc1ccc([C@@H]2CCC(C3CCC(C)CC3)OC2)c(C)c1C.[HH].[HH].[HH].[HH].[HH].[HH].[HH].[HH]. The molecule has 8 saturated carbocycles. The van der Waals surface area contributed by atoms with Crippen LogP contribution in [0.2, 0.25) is 0 Å². The monoisotopic (exact) mass is 2040 g/mol. The third kappa shape index (κ3) is 31.6. The molecule has 0 amide bonds. The fourth-order valence-corrected chi connectivity index (χ4v) is 29.5. The summed E-state index contributed by atoms with van der Waals surface area (Å²) in [5, 5.41) is 0. The van der Waals surface area contributed by atoms with Crippen LogP contribution in [0.25, 0.3) is 27.8 Å². The van der Waals surface area contributed by atoms with Gasteiger partial charge in [0.2, 0.25) is 0 Å². The molecule has 2 saturated heterocycles. The van der Waals surface area contributed by atoms with E-state index in [0.717, 1.165) is 120 Å². The van der Waals surface area contributed by atoms with Crippen LogP contribution in [0, 0.1) is 234 Å². The number of ether oxygens (including phenoxy) is 2. The lowest BCUT2D eigenvalue weighted by Crippen LogP contribution is -2.33. The summed E-state index contributed by atoms with van der Waals surface area (Å²) in [6.07, 6.45) is 61.2. The van der Waals surface area contributed by atoms with Gasteiger partial charge in [-0.05, 0) is 596 Å². The van der Waals surface area contributed by atoms with Crippen molar-refractivity contribution in [3.05, 3.63) is 295 Å². The summed E-state index contributed by atoms with van der Waals surface area (Å²) in [5.41, 5.74) is 48.3. The molecule has 834 valence electrons. The van der Waals surface area contributed by atoms with Gasteiger partial charge in [0.25, 0.3) is 0 Å². The normalized spacial score (nSPS) is 28.1. The molecular weight excluding hydrogens is 1810 g/mol. The largest absolute Gasteiger partial charge is 0.377 e. The molecule has 11 aliphatic rings. The maximum absolute atomic E-state index is 6.34. The standard InChI is InChI=1S/C22H34.C22H32.2C22H28.2C21H32O.C18H28.8H2/c4*1-15-5-8-19(9-6-15)20-10-12-21(13-11-20)22-14-7-16(2)17(3)18(22)4;1-14-5-8-18(9-6-14)21-12-10-19(13-22-21)20-11-7-15(2)16(3)17(20)4;1-14-5-8-18(9-6-14)19-10-12-21(22-13-19)20-11-7-15(2)16(3)17(20)4;1-13-5-8-17(9-6-13)10-12-18-11-7-14(2)15(3)16(18)4;;;;;;;;/h7,14-15,19-21H,5-6,8-13H2,1-4H3;7,12,14-15,19-20H,5-6,8-11,13H2,1-4H3;2*7,10-15,19H,5-6,8-9H2,1-4H3;2*7,11,14,18-19,21H,5-6,8-10,12-13H2,1-4H3;7,11,13,17H,5-6,8-10,12H2,1-4H3;8*1H/t;;;;14?,18?,19-,21?;14?,18?,19?,21-;;;;;;;;;/m....10........./s1. The molecular formula is C148H230O2. The van der Waals surface area contributed by atoms with E-state index in [1.165, 1.54) is 425 Å². The van der Waals surface area contributed by atoms with E-state index in [-0.39, 0.29) is 11.4 Å². The second-order valence-electron chi connectivity index (χ2n) is 53.1. The first kappa shape index (κ1) is 118. The molecule has 20 rings (SSSR count). The molecule has 10 fully saturated rings. The van der Waals surface area contributed by atoms with Gasteiger partial charge in [0, 0.05) is 17.3 Å². The molecule has 0 radical (unpaired) electrons. The summed E-state index contributed by atoms with van der Waals surface area (Å²) in [7, 11) is 0. The van der Waals surface area contributed by atoms with Crippen molar-refractivity contribution < 1.29 is 20.9 Å². The highest BCUT2D eigenvalue weighted by Gasteiger charge is 2.37. The summed E-state index contributed by atoms with van der Waals surface area (Å²) >= 11 is 0. The lowest BCUT2D eigenvalue weighted by molar-refractivity contribution is -0.0428. The molecule has 2 heteroatoms. The molecule has 3 unspecified atom stereocenters. The van der Waals surface area contributed by atoms with Crippen molar-refractivity contribution in [1.82, 2.24) is 0 Å². The van der Waals surface area contributed by atoms with E-state index >= 15 is 0 Å². The first-order valence-electron chi connectivity index (χ1n) is 62.5. The average Bonchev–Trinajstić information content (AvgIpc) is 0.819. The van der Waals surface area contributed by atoms with Crippen LogP contribution in [-0.4, -0.2) is 19.3 Å². The van der Waals surface area contributed by atoms with Gasteiger partial charge in [0.1, 0.15) is 0 Å². The molecule has 0 spiro atoms. The Morgan fingerprint density at radius 3 is 0.913 bits per heavy atom. The van der Waals surface area contributed by atoms with Crippen molar-refractivity contribution in [2.24, 2.45) is 88.8 Å². The van der Waals surface area contributed by atoms with E-state index in [2.05, 4.69) is 333 Å². The highest BCUT2D eigenvalue weighted by Crippen LogP contribution is 2.50. The number of benzene rings is 9. The molecule has 9 aliphatic carbocycles. The first-order valence-corrected chi connectivity index (χ1v) is 62.5. The van der Waals surface area contributed by atoms with Crippen molar-refractivity contribution >= 4 is 5.57 Å². The number of aryl methyl sites for hydroxylation is 8. The maximum Gasteiger partial charge on any atom is 0.0827 e. The van der Waals surface area contributed by atoms with Gasteiger partial charge in [-0.25, -0.2) is 0 Å². The average molecular weight is 2040 g/mol. The van der Waals surface area contributed by atoms with Crippen LogP contribution in [-0.2, 0) is 15.9 Å². The van der Waals surface area contributed by atoms with Gasteiger partial charge in [-0.3, -0.25) is 0 Å². The summed E-state index contributed by atoms with van der Waals surface area (Å²) in [6.45, 7) is 66.0. The molecule has 2 nitrogen and oxygen atoms in total. The highest BCUT2D eigenvalue weighted by molar-refractivity contribution is 5.72. The minimum Gasteiger partial charge on any atom is -0.377 e. The van der Waals surface area contributed by atoms with Crippen LogP contribution in [0.3, 0.4) is 0 Å². The van der Waals surface area contributed by atoms with E-state index in [1.807, 2.05) is 0 Å². The van der Waals surface area contributed by atoms with E-state index in [1.54, 1.807) is 22.3 Å². The highest BCUT2D eigenvalue weighted by atomic mass is 16.5. The van der Waals surface area contributed by atoms with Crippen LogP contribution in [0.15, 0.2) is 140 Å². The van der Waals surface area contributed by atoms with Crippen LogP contribution in [0.1, 0.15) is 502 Å². The predicted molar refractivity (Wildman–Crippen MR) is 670 cm³/mol. The zero-order valence-electron chi connectivity index (χ0n) is 101. The van der Waals surface area contributed by atoms with Gasteiger partial charge in [-0.15, -0.1) is 0 Å². The fraction of sp³-hybridized carbons (Fsp3) is 0.622. The third-order valence-corrected chi connectivity index (χ3v) is 43.2. The summed E-state index contributed by atoms with van der Waals surface area (Å²) in [6, 6.07) is 51.0. The summed E-state index contributed by atoms with van der Waals surface area (Å²) < 4.78 is 12.7. The Labute approximate surface area is 933 Å². The van der Waals surface area contributed by atoms with Gasteiger partial charge in [-0.2, -0.15) is 0 Å². The Bertz CT molecular complexity index is 5410. The number of hydrogen-bond acceptors (Lipinski definition) is 2. The lowest BCUT2D eigenvalue weighted by atomic mass is 9.68. The van der Waals surface area contributed by atoms with E-state index in [9.17, 15) is 0 Å². The topological polar surface area (TPSA) is 18.5 Å². The van der Waals surface area contributed by atoms with Crippen molar-refractivity contribution in [2.45, 2.75) is 493 Å². The number of rotatable bonds is 15. The molecule has 5 atom stereocenters. The second-order valence-corrected chi connectivity index (χ2v) is 53.1. The smallest absolute Gasteiger partial charge is 0.0827 e. The third-order valence-electron chi connectivity index (χ3n) is 43.2. The van der Waals surface area contributed by atoms with Crippen molar-refractivity contribution in [1.29, 1.82) is 0 Å². The molecule has 0 N–H and O–H groups in total. The first-order chi connectivity index (χ1) is 71.9. The Hall–Kier alpha value is -7.36. The second kappa shape index (κ2) is 56.5. The van der Waals surface area contributed by atoms with Gasteiger partial charge in [0.15, 0.2) is 0 Å². The molecule has 0 aromatic heterocycles. The summed E-state index contributed by atoms with van der Waals surface area (Å²) in [5.74, 6) is 17.3. The van der Waals surface area contributed by atoms with E-state index < -0.39 is 0 Å². The molecule has 150 heavy (non-hydrogen) atoms. The predicted octanol–water partition coefficient (Wildman–Crippen LogP) is 45.4. The van der Waals surface area contributed by atoms with Crippen molar-refractivity contribution in [2.75, 3.05) is 13.2 Å². The van der Waals surface area contributed by atoms with Crippen LogP contribution < -0.4 is 0 Å². The van der Waals surface area contributed by atoms with Crippen LogP contribution in [0.4, 0.5) is 0 Å². The Balaban J connectivity index is 0.000000278. The molecule has 9 aromatic carbocycles. The number of hydrogen-bond donors (Lipinski definition) is 0. The Kier molecular flexibility index (Phi) is 44.5. The zero-order valence-corrected chi connectivity index (χ0v) is 101. The minimum atomic E-state index is 0. The molecule has 0 bridgehead atoms. The fourth-order valence-electron chi connectivity index (χ4n) is 29.5. The zero-order chi connectivity index (χ0) is 107. The van der Waals surface area contributed by atoms with Crippen LogP contribution >= 0.6 is 0 Å². The number of allylic oxidation sites excluding steroid dienone is 2. The van der Waals surface area contributed by atoms with Gasteiger partial charge in [0.05, 0.1) is 25.4 Å². The molecule has 9 aromatic rings. The van der Waals surface area contributed by atoms with Gasteiger partial charge < -0.3 is 9.47 Å². The molecule has 2 aliphatic heterocycles. The minimum absolute atomic E-state index is 0. The summed E-state index contributed by atoms with van der Waals surface area (Å²) in [4.78, 5) is 0.